The summed E-state index contributed by atoms with van der Waals surface area (Å²) in [5.74, 6) is -0.0678. The molecule has 2 N–H and O–H groups in total. The number of amides is 1. The Kier molecular flexibility index (Phi) is 4.82. The van der Waals surface area contributed by atoms with Gasteiger partial charge in [-0.05, 0) is 30.3 Å². The third-order valence-electron chi connectivity index (χ3n) is 2.75. The fraction of sp³-hybridized carbons (Fsp3) is 0.133. The van der Waals surface area contributed by atoms with Crippen LogP contribution < -0.4 is 5.73 Å². The summed E-state index contributed by atoms with van der Waals surface area (Å²) in [6.07, 6.45) is 1.71. The zero-order chi connectivity index (χ0) is 14.5. The SMILES string of the molecule is C=CCN(Cc1ccc(Cl)s1)C(=O)c1cccc(N)c1. The number of anilines is 1. The van der Waals surface area contributed by atoms with Crippen molar-refractivity contribution in [2.75, 3.05) is 12.3 Å². The fourth-order valence-electron chi connectivity index (χ4n) is 1.85. The minimum absolute atomic E-state index is 0.0678. The Bertz CT molecular complexity index is 624. The van der Waals surface area contributed by atoms with Crippen LogP contribution in [0.3, 0.4) is 0 Å². The van der Waals surface area contributed by atoms with Gasteiger partial charge in [0, 0.05) is 22.7 Å². The van der Waals surface area contributed by atoms with E-state index in [1.807, 2.05) is 12.1 Å². The lowest BCUT2D eigenvalue weighted by Gasteiger charge is -2.20. The number of nitrogen functional groups attached to an aromatic ring is 1. The summed E-state index contributed by atoms with van der Waals surface area (Å²) in [5.41, 5.74) is 6.88. The number of rotatable bonds is 5. The van der Waals surface area contributed by atoms with Crippen molar-refractivity contribution in [3.05, 3.63) is 63.8 Å². The molecule has 0 aliphatic carbocycles. The van der Waals surface area contributed by atoms with Crippen LogP contribution in [0.25, 0.3) is 0 Å². The third kappa shape index (κ3) is 3.62. The maximum absolute atomic E-state index is 12.5. The molecule has 20 heavy (non-hydrogen) atoms. The molecule has 2 aromatic rings. The standard InChI is InChI=1S/C15H15ClN2OS/c1-2-8-18(10-13-6-7-14(16)20-13)15(19)11-4-3-5-12(17)9-11/h2-7,9H,1,8,10,17H2. The molecule has 5 heteroatoms. The summed E-state index contributed by atoms with van der Waals surface area (Å²) in [4.78, 5) is 15.2. The topological polar surface area (TPSA) is 46.3 Å². The van der Waals surface area contributed by atoms with Crippen molar-refractivity contribution < 1.29 is 4.79 Å². The second kappa shape index (κ2) is 6.59. The van der Waals surface area contributed by atoms with Crippen molar-refractivity contribution in [1.82, 2.24) is 4.90 Å². The molecule has 0 saturated heterocycles. The van der Waals surface area contributed by atoms with Crippen molar-refractivity contribution in [2.24, 2.45) is 0 Å². The first-order chi connectivity index (χ1) is 9.60. The molecular weight excluding hydrogens is 292 g/mol. The highest BCUT2D eigenvalue weighted by Crippen LogP contribution is 2.23. The normalized spacial score (nSPS) is 10.2. The van der Waals surface area contributed by atoms with Crippen molar-refractivity contribution in [3.63, 3.8) is 0 Å². The number of nitrogens with zero attached hydrogens (tertiary/aromatic N) is 1. The lowest BCUT2D eigenvalue weighted by molar-refractivity contribution is 0.0764. The maximum atomic E-state index is 12.5. The van der Waals surface area contributed by atoms with Gasteiger partial charge in [-0.25, -0.2) is 0 Å². The van der Waals surface area contributed by atoms with E-state index < -0.39 is 0 Å². The summed E-state index contributed by atoms with van der Waals surface area (Å²) in [5, 5.41) is 0. The number of benzene rings is 1. The molecule has 0 radical (unpaired) electrons. The van der Waals surface area contributed by atoms with E-state index in [0.717, 1.165) is 9.21 Å². The number of halogens is 1. The second-order valence-corrected chi connectivity index (χ2v) is 6.11. The van der Waals surface area contributed by atoms with Gasteiger partial charge >= 0.3 is 0 Å². The number of carbonyl (C=O) groups excluding carboxylic acids is 1. The van der Waals surface area contributed by atoms with Crippen LogP contribution in [0.2, 0.25) is 4.34 Å². The smallest absolute Gasteiger partial charge is 0.254 e. The van der Waals surface area contributed by atoms with Gasteiger partial charge in [-0.15, -0.1) is 17.9 Å². The lowest BCUT2D eigenvalue weighted by atomic mass is 10.1. The molecule has 0 bridgehead atoms. The molecule has 0 saturated carbocycles. The van der Waals surface area contributed by atoms with Crippen LogP contribution in [-0.2, 0) is 6.54 Å². The van der Waals surface area contributed by atoms with E-state index in [1.165, 1.54) is 11.3 Å². The zero-order valence-corrected chi connectivity index (χ0v) is 12.5. The predicted molar refractivity (Wildman–Crippen MR) is 85.1 cm³/mol. The van der Waals surface area contributed by atoms with E-state index in [1.54, 1.807) is 35.2 Å². The number of nitrogens with two attached hydrogens (primary N) is 1. The maximum Gasteiger partial charge on any atom is 0.254 e. The Morgan fingerprint density at radius 2 is 2.20 bits per heavy atom. The molecule has 104 valence electrons. The van der Waals surface area contributed by atoms with Gasteiger partial charge in [0.1, 0.15) is 0 Å². The lowest BCUT2D eigenvalue weighted by Crippen LogP contribution is -2.30. The summed E-state index contributed by atoms with van der Waals surface area (Å²) < 4.78 is 0.718. The van der Waals surface area contributed by atoms with Gasteiger partial charge in [-0.1, -0.05) is 23.7 Å². The van der Waals surface area contributed by atoms with Crippen LogP contribution in [0.1, 0.15) is 15.2 Å². The Morgan fingerprint density at radius 1 is 1.40 bits per heavy atom. The molecule has 0 aliphatic heterocycles. The van der Waals surface area contributed by atoms with Crippen LogP contribution in [0, 0.1) is 0 Å². The molecule has 1 aromatic heterocycles. The molecule has 0 aliphatic rings. The van der Waals surface area contributed by atoms with Crippen molar-refractivity contribution in [2.45, 2.75) is 6.54 Å². The van der Waals surface area contributed by atoms with Crippen LogP contribution in [0.5, 0.6) is 0 Å². The molecule has 0 unspecified atom stereocenters. The van der Waals surface area contributed by atoms with E-state index in [2.05, 4.69) is 6.58 Å². The first kappa shape index (κ1) is 14.6. The highest BCUT2D eigenvalue weighted by molar-refractivity contribution is 7.16. The first-order valence-electron chi connectivity index (χ1n) is 6.10. The van der Waals surface area contributed by atoms with Gasteiger partial charge in [0.15, 0.2) is 0 Å². The monoisotopic (exact) mass is 306 g/mol. The van der Waals surface area contributed by atoms with Crippen LogP contribution in [-0.4, -0.2) is 17.4 Å². The first-order valence-corrected chi connectivity index (χ1v) is 7.29. The molecule has 0 fully saturated rings. The molecular formula is C15H15ClN2OS. The van der Waals surface area contributed by atoms with E-state index in [-0.39, 0.29) is 5.91 Å². The Hall–Kier alpha value is -1.78. The largest absolute Gasteiger partial charge is 0.399 e. The van der Waals surface area contributed by atoms with Crippen LogP contribution in [0.15, 0.2) is 49.1 Å². The fourth-order valence-corrected chi connectivity index (χ4v) is 2.96. The molecule has 1 heterocycles. The van der Waals surface area contributed by atoms with Crippen molar-refractivity contribution in [1.29, 1.82) is 0 Å². The van der Waals surface area contributed by atoms with Crippen LogP contribution >= 0.6 is 22.9 Å². The highest BCUT2D eigenvalue weighted by atomic mass is 35.5. The van der Waals surface area contributed by atoms with Crippen molar-refractivity contribution in [3.8, 4) is 0 Å². The van der Waals surface area contributed by atoms with Gasteiger partial charge in [0.25, 0.3) is 5.91 Å². The Labute approximate surface area is 127 Å². The number of thiophene rings is 1. The number of carbonyl (C=O) groups is 1. The predicted octanol–water partition coefficient (Wildman–Crippen LogP) is 3.81. The van der Waals surface area contributed by atoms with E-state index in [9.17, 15) is 4.79 Å². The molecule has 1 amide bonds. The Balaban J connectivity index is 2.19. The quantitative estimate of drug-likeness (QED) is 0.674. The molecule has 0 atom stereocenters. The average molecular weight is 307 g/mol. The minimum atomic E-state index is -0.0678. The van der Waals surface area contributed by atoms with Crippen LogP contribution in [0.4, 0.5) is 5.69 Å². The van der Waals surface area contributed by atoms with E-state index >= 15 is 0 Å². The minimum Gasteiger partial charge on any atom is -0.399 e. The van der Waals surface area contributed by atoms with Gasteiger partial charge in [-0.3, -0.25) is 4.79 Å². The van der Waals surface area contributed by atoms with Gasteiger partial charge in [-0.2, -0.15) is 0 Å². The summed E-state index contributed by atoms with van der Waals surface area (Å²) in [7, 11) is 0. The average Bonchev–Trinajstić information content (AvgIpc) is 2.83. The molecule has 3 nitrogen and oxygen atoms in total. The number of hydrogen-bond donors (Lipinski definition) is 1. The Morgan fingerprint density at radius 3 is 2.80 bits per heavy atom. The summed E-state index contributed by atoms with van der Waals surface area (Å²) in [6, 6.07) is 10.7. The third-order valence-corrected chi connectivity index (χ3v) is 3.96. The summed E-state index contributed by atoms with van der Waals surface area (Å²) in [6.45, 7) is 4.69. The molecule has 1 aromatic carbocycles. The number of hydrogen-bond acceptors (Lipinski definition) is 3. The highest BCUT2D eigenvalue weighted by Gasteiger charge is 2.16. The van der Waals surface area contributed by atoms with E-state index in [0.29, 0.717) is 24.3 Å². The zero-order valence-electron chi connectivity index (χ0n) is 10.9. The van der Waals surface area contributed by atoms with E-state index in [4.69, 9.17) is 17.3 Å². The molecule has 0 spiro atoms. The van der Waals surface area contributed by atoms with Crippen molar-refractivity contribution >= 4 is 34.5 Å². The van der Waals surface area contributed by atoms with Gasteiger partial charge < -0.3 is 10.6 Å². The summed E-state index contributed by atoms with van der Waals surface area (Å²) >= 11 is 7.39. The molecule has 2 rings (SSSR count). The van der Waals surface area contributed by atoms with Gasteiger partial charge in [0.05, 0.1) is 10.9 Å². The second-order valence-electron chi connectivity index (χ2n) is 4.31. The van der Waals surface area contributed by atoms with Gasteiger partial charge in [0.2, 0.25) is 0 Å².